The van der Waals surface area contributed by atoms with Crippen LogP contribution in [0.1, 0.15) is 32.9 Å². The molecule has 88 valence electrons. The number of H-pyrrole nitrogens is 1. The van der Waals surface area contributed by atoms with Crippen LogP contribution in [-0.2, 0) is 12.8 Å². The Kier molecular flexibility index (Phi) is 3.38. The first-order chi connectivity index (χ1) is 8.20. The molecule has 0 fully saturated rings. The zero-order valence-corrected chi connectivity index (χ0v) is 10.2. The number of carbonyl (C=O) groups excluding carboxylic acids is 1. The van der Waals surface area contributed by atoms with E-state index >= 15 is 0 Å². The molecule has 0 aliphatic rings. The second kappa shape index (κ2) is 4.95. The van der Waals surface area contributed by atoms with Crippen molar-refractivity contribution in [1.29, 1.82) is 0 Å². The standard InChI is InChI=1S/C14H16N2O/c1-10-3-5-12(6-4-10)7-8-14-13(9-17)11(2)15-16-14/h3-6,9H,7-8H2,1-2H3,(H,15,16). The van der Waals surface area contributed by atoms with Crippen LogP contribution in [-0.4, -0.2) is 16.5 Å². The highest BCUT2D eigenvalue weighted by Crippen LogP contribution is 2.12. The zero-order valence-electron chi connectivity index (χ0n) is 10.2. The lowest BCUT2D eigenvalue weighted by Crippen LogP contribution is -1.96. The van der Waals surface area contributed by atoms with E-state index in [1.807, 2.05) is 6.92 Å². The summed E-state index contributed by atoms with van der Waals surface area (Å²) in [5.41, 5.74) is 4.94. The van der Waals surface area contributed by atoms with Crippen molar-refractivity contribution < 1.29 is 4.79 Å². The minimum atomic E-state index is 0.706. The molecule has 0 atom stereocenters. The minimum Gasteiger partial charge on any atom is -0.298 e. The Morgan fingerprint density at radius 3 is 2.53 bits per heavy atom. The van der Waals surface area contributed by atoms with Gasteiger partial charge in [0.05, 0.1) is 11.3 Å². The van der Waals surface area contributed by atoms with Crippen LogP contribution in [0.25, 0.3) is 0 Å². The molecule has 0 amide bonds. The molecule has 0 spiro atoms. The van der Waals surface area contributed by atoms with Gasteiger partial charge in [0, 0.05) is 5.69 Å². The molecule has 2 aromatic rings. The maximum atomic E-state index is 10.9. The molecule has 1 aromatic heterocycles. The van der Waals surface area contributed by atoms with Crippen molar-refractivity contribution in [1.82, 2.24) is 10.2 Å². The van der Waals surface area contributed by atoms with E-state index < -0.39 is 0 Å². The lowest BCUT2D eigenvalue weighted by molar-refractivity contribution is 0.112. The van der Waals surface area contributed by atoms with Gasteiger partial charge >= 0.3 is 0 Å². The van der Waals surface area contributed by atoms with Crippen molar-refractivity contribution in [3.63, 3.8) is 0 Å². The summed E-state index contributed by atoms with van der Waals surface area (Å²) < 4.78 is 0. The Balaban J connectivity index is 2.07. The Morgan fingerprint density at radius 1 is 1.18 bits per heavy atom. The SMILES string of the molecule is Cc1ccc(CCc2n[nH]c(C)c2C=O)cc1. The molecule has 1 aromatic carbocycles. The quantitative estimate of drug-likeness (QED) is 0.818. The van der Waals surface area contributed by atoms with Crippen LogP contribution >= 0.6 is 0 Å². The number of rotatable bonds is 4. The molecule has 0 aliphatic heterocycles. The van der Waals surface area contributed by atoms with Crippen molar-refractivity contribution in [3.8, 4) is 0 Å². The molecule has 0 radical (unpaired) electrons. The van der Waals surface area contributed by atoms with Gasteiger partial charge in [0.1, 0.15) is 0 Å². The fourth-order valence-corrected chi connectivity index (χ4v) is 1.85. The lowest BCUT2D eigenvalue weighted by Gasteiger charge is -2.01. The molecule has 0 saturated heterocycles. The summed E-state index contributed by atoms with van der Waals surface area (Å²) in [4.78, 5) is 10.9. The number of carbonyl (C=O) groups is 1. The molecule has 1 heterocycles. The monoisotopic (exact) mass is 228 g/mol. The Hall–Kier alpha value is -1.90. The van der Waals surface area contributed by atoms with Gasteiger partial charge in [-0.2, -0.15) is 5.10 Å². The average molecular weight is 228 g/mol. The Morgan fingerprint density at radius 2 is 1.88 bits per heavy atom. The summed E-state index contributed by atoms with van der Waals surface area (Å²) in [5.74, 6) is 0. The number of aldehydes is 1. The van der Waals surface area contributed by atoms with Crippen LogP contribution in [0, 0.1) is 13.8 Å². The van der Waals surface area contributed by atoms with E-state index in [0.29, 0.717) is 5.56 Å². The number of aromatic amines is 1. The van der Waals surface area contributed by atoms with Crippen molar-refractivity contribution >= 4 is 6.29 Å². The number of hydrogen-bond acceptors (Lipinski definition) is 2. The van der Waals surface area contributed by atoms with Gasteiger partial charge in [-0.1, -0.05) is 29.8 Å². The molecule has 0 aliphatic carbocycles. The minimum absolute atomic E-state index is 0.706. The molecule has 1 N–H and O–H groups in total. The van der Waals surface area contributed by atoms with Crippen LogP contribution < -0.4 is 0 Å². The van der Waals surface area contributed by atoms with E-state index in [-0.39, 0.29) is 0 Å². The third-order valence-electron chi connectivity index (χ3n) is 2.96. The fraction of sp³-hybridized carbons (Fsp3) is 0.286. The molecule has 0 saturated carbocycles. The third-order valence-corrected chi connectivity index (χ3v) is 2.96. The number of hydrogen-bond donors (Lipinski definition) is 1. The topological polar surface area (TPSA) is 45.8 Å². The summed E-state index contributed by atoms with van der Waals surface area (Å²) in [6.45, 7) is 3.94. The first kappa shape index (κ1) is 11.6. The summed E-state index contributed by atoms with van der Waals surface area (Å²) in [6, 6.07) is 8.45. The van der Waals surface area contributed by atoms with E-state index in [2.05, 4.69) is 41.4 Å². The largest absolute Gasteiger partial charge is 0.298 e. The van der Waals surface area contributed by atoms with Crippen LogP contribution in [0.2, 0.25) is 0 Å². The van der Waals surface area contributed by atoms with Crippen LogP contribution in [0.3, 0.4) is 0 Å². The molecule has 0 bridgehead atoms. The summed E-state index contributed by atoms with van der Waals surface area (Å²) in [5, 5.41) is 7.02. The summed E-state index contributed by atoms with van der Waals surface area (Å²) in [6.07, 6.45) is 2.58. The first-order valence-corrected chi connectivity index (χ1v) is 5.75. The number of aromatic nitrogens is 2. The van der Waals surface area contributed by atoms with Gasteiger partial charge in [-0.15, -0.1) is 0 Å². The summed E-state index contributed by atoms with van der Waals surface area (Å²) in [7, 11) is 0. The smallest absolute Gasteiger partial charge is 0.153 e. The summed E-state index contributed by atoms with van der Waals surface area (Å²) >= 11 is 0. The predicted octanol–water partition coefficient (Wildman–Crippen LogP) is 2.62. The number of nitrogens with zero attached hydrogens (tertiary/aromatic N) is 1. The first-order valence-electron chi connectivity index (χ1n) is 5.75. The van der Waals surface area contributed by atoms with Crippen LogP contribution in [0.15, 0.2) is 24.3 Å². The van der Waals surface area contributed by atoms with E-state index in [9.17, 15) is 4.79 Å². The van der Waals surface area contributed by atoms with E-state index in [4.69, 9.17) is 0 Å². The average Bonchev–Trinajstić information content (AvgIpc) is 2.69. The van der Waals surface area contributed by atoms with Crippen LogP contribution in [0.4, 0.5) is 0 Å². The highest BCUT2D eigenvalue weighted by molar-refractivity contribution is 5.78. The highest BCUT2D eigenvalue weighted by Gasteiger charge is 2.08. The van der Waals surface area contributed by atoms with Gasteiger partial charge in [-0.25, -0.2) is 0 Å². The number of aryl methyl sites for hydroxylation is 4. The molecule has 3 nitrogen and oxygen atoms in total. The molecule has 0 unspecified atom stereocenters. The van der Waals surface area contributed by atoms with Crippen molar-refractivity contribution in [2.75, 3.05) is 0 Å². The zero-order chi connectivity index (χ0) is 12.3. The molecular weight excluding hydrogens is 212 g/mol. The lowest BCUT2D eigenvalue weighted by atomic mass is 10.0. The van der Waals surface area contributed by atoms with E-state index in [1.165, 1.54) is 11.1 Å². The fourth-order valence-electron chi connectivity index (χ4n) is 1.85. The van der Waals surface area contributed by atoms with E-state index in [0.717, 1.165) is 30.5 Å². The Labute approximate surface area is 101 Å². The van der Waals surface area contributed by atoms with E-state index in [1.54, 1.807) is 0 Å². The molecule has 3 heteroatoms. The maximum Gasteiger partial charge on any atom is 0.153 e. The maximum absolute atomic E-state index is 10.9. The van der Waals surface area contributed by atoms with Crippen molar-refractivity contribution in [2.45, 2.75) is 26.7 Å². The highest BCUT2D eigenvalue weighted by atomic mass is 16.1. The molecular formula is C14H16N2O. The van der Waals surface area contributed by atoms with Gasteiger partial charge in [0.2, 0.25) is 0 Å². The van der Waals surface area contributed by atoms with Crippen molar-refractivity contribution in [2.24, 2.45) is 0 Å². The van der Waals surface area contributed by atoms with Crippen molar-refractivity contribution in [3.05, 3.63) is 52.3 Å². The van der Waals surface area contributed by atoms with Gasteiger partial charge < -0.3 is 0 Å². The normalized spacial score (nSPS) is 10.5. The predicted molar refractivity (Wildman–Crippen MR) is 67.3 cm³/mol. The van der Waals surface area contributed by atoms with Gasteiger partial charge in [0.25, 0.3) is 0 Å². The molecule has 2 rings (SSSR count). The van der Waals surface area contributed by atoms with Gasteiger partial charge in [-0.05, 0) is 32.3 Å². The molecule has 17 heavy (non-hydrogen) atoms. The number of nitrogens with one attached hydrogen (secondary N) is 1. The third kappa shape index (κ3) is 2.61. The van der Waals surface area contributed by atoms with Gasteiger partial charge in [0.15, 0.2) is 6.29 Å². The van der Waals surface area contributed by atoms with Crippen LogP contribution in [0.5, 0.6) is 0 Å². The second-order valence-electron chi connectivity index (χ2n) is 4.31. The number of benzene rings is 1. The Bertz CT molecular complexity index is 512. The van der Waals surface area contributed by atoms with Gasteiger partial charge in [-0.3, -0.25) is 9.89 Å². The second-order valence-corrected chi connectivity index (χ2v) is 4.31.